The van der Waals surface area contributed by atoms with Crippen molar-refractivity contribution in [2.45, 2.75) is 39.3 Å². The average molecular weight is 275 g/mol. The number of carbonyl (C=O) groups is 1. The standard InChI is InChI=1S/C15H17NO4/c1-9-12(8-17)11-7-10(14(18)19)5-6-13(11)16(9)20-15(2,3)4/h5-7,9H,1-4H3,(H,18,19). The summed E-state index contributed by atoms with van der Waals surface area (Å²) >= 11 is 0. The second-order valence-electron chi connectivity index (χ2n) is 5.76. The van der Waals surface area contributed by atoms with Crippen molar-refractivity contribution in [2.24, 2.45) is 0 Å². The van der Waals surface area contributed by atoms with Crippen LogP contribution >= 0.6 is 0 Å². The molecule has 0 amide bonds. The molecule has 20 heavy (non-hydrogen) atoms. The lowest BCUT2D eigenvalue weighted by Crippen LogP contribution is -2.37. The number of hydrogen-bond donors (Lipinski definition) is 1. The van der Waals surface area contributed by atoms with Crippen molar-refractivity contribution in [1.29, 1.82) is 0 Å². The molecule has 1 heterocycles. The molecule has 0 aliphatic carbocycles. The summed E-state index contributed by atoms with van der Waals surface area (Å²) in [5.41, 5.74) is 1.39. The Morgan fingerprint density at radius 3 is 2.55 bits per heavy atom. The molecule has 0 saturated carbocycles. The van der Waals surface area contributed by atoms with Crippen molar-refractivity contribution >= 4 is 23.2 Å². The summed E-state index contributed by atoms with van der Waals surface area (Å²) in [5, 5.41) is 10.7. The summed E-state index contributed by atoms with van der Waals surface area (Å²) in [6.07, 6.45) is 0. The third kappa shape index (κ3) is 2.46. The molecule has 0 aromatic heterocycles. The molecule has 1 aromatic carbocycles. The first-order valence-corrected chi connectivity index (χ1v) is 6.35. The Hall–Kier alpha value is -2.10. The Morgan fingerprint density at radius 2 is 2.05 bits per heavy atom. The highest BCUT2D eigenvalue weighted by Gasteiger charge is 2.35. The van der Waals surface area contributed by atoms with Crippen LogP contribution in [0.25, 0.3) is 5.57 Å². The van der Waals surface area contributed by atoms with Gasteiger partial charge in [-0.15, -0.1) is 0 Å². The molecule has 1 unspecified atom stereocenters. The van der Waals surface area contributed by atoms with Gasteiger partial charge < -0.3 is 5.11 Å². The van der Waals surface area contributed by atoms with Crippen LogP contribution in [-0.2, 0) is 9.63 Å². The first-order valence-electron chi connectivity index (χ1n) is 6.35. The highest BCUT2D eigenvalue weighted by atomic mass is 16.7. The molecule has 5 heteroatoms. The maximum absolute atomic E-state index is 11.2. The van der Waals surface area contributed by atoms with Crippen LogP contribution in [0.4, 0.5) is 5.69 Å². The predicted octanol–water partition coefficient (Wildman–Crippen LogP) is 2.54. The molecule has 0 bridgehead atoms. The van der Waals surface area contributed by atoms with Crippen LogP contribution in [0.1, 0.15) is 43.6 Å². The number of fused-ring (bicyclic) bond motifs is 1. The van der Waals surface area contributed by atoms with E-state index in [0.717, 1.165) is 0 Å². The number of rotatable bonds is 2. The van der Waals surface area contributed by atoms with E-state index in [4.69, 9.17) is 9.94 Å². The lowest BCUT2D eigenvalue weighted by atomic mass is 10.0. The van der Waals surface area contributed by atoms with Crippen LogP contribution in [0, 0.1) is 0 Å². The molecule has 1 aromatic rings. The van der Waals surface area contributed by atoms with Crippen LogP contribution in [0.15, 0.2) is 18.2 Å². The fourth-order valence-corrected chi connectivity index (χ4v) is 2.19. The number of carboxylic acid groups (broad SMARTS) is 1. The van der Waals surface area contributed by atoms with Gasteiger partial charge in [-0.05, 0) is 45.9 Å². The monoisotopic (exact) mass is 275 g/mol. The Balaban J connectivity index is 2.53. The average Bonchev–Trinajstić information content (AvgIpc) is 2.59. The van der Waals surface area contributed by atoms with Gasteiger partial charge in [0.05, 0.1) is 28.5 Å². The minimum absolute atomic E-state index is 0.140. The van der Waals surface area contributed by atoms with Gasteiger partial charge in [-0.1, -0.05) is 0 Å². The SMILES string of the molecule is CC1C(=C=O)c2cc(C(=O)O)ccc2N1OC(C)(C)C. The quantitative estimate of drug-likeness (QED) is 0.840. The van der Waals surface area contributed by atoms with Gasteiger partial charge in [0.25, 0.3) is 0 Å². The Kier molecular flexibility index (Phi) is 3.42. The molecular formula is C15H17NO4. The topological polar surface area (TPSA) is 66.8 Å². The Morgan fingerprint density at radius 1 is 1.40 bits per heavy atom. The molecule has 1 aliphatic heterocycles. The van der Waals surface area contributed by atoms with Gasteiger partial charge >= 0.3 is 5.97 Å². The maximum atomic E-state index is 11.2. The van der Waals surface area contributed by atoms with E-state index in [1.807, 2.05) is 33.6 Å². The summed E-state index contributed by atoms with van der Waals surface area (Å²) in [6, 6.07) is 4.35. The second-order valence-corrected chi connectivity index (χ2v) is 5.76. The fraction of sp³-hybridized carbons (Fsp3) is 0.400. The summed E-state index contributed by atoms with van der Waals surface area (Å²) in [7, 11) is 0. The van der Waals surface area contributed by atoms with Gasteiger partial charge in [0, 0.05) is 5.56 Å². The molecule has 5 nitrogen and oxygen atoms in total. The normalized spacial score (nSPS) is 17.9. The largest absolute Gasteiger partial charge is 0.478 e. The second kappa shape index (κ2) is 4.78. The number of carbonyl (C=O) groups excluding carboxylic acids is 1. The van der Waals surface area contributed by atoms with Crippen LogP contribution in [0.5, 0.6) is 0 Å². The van der Waals surface area contributed by atoms with Crippen LogP contribution < -0.4 is 5.06 Å². The van der Waals surface area contributed by atoms with Gasteiger partial charge in [-0.3, -0.25) is 4.84 Å². The highest BCUT2D eigenvalue weighted by Crippen LogP contribution is 2.40. The molecule has 1 aliphatic rings. The van der Waals surface area contributed by atoms with E-state index in [0.29, 0.717) is 16.8 Å². The third-order valence-electron chi connectivity index (χ3n) is 3.02. The molecule has 0 radical (unpaired) electrons. The van der Waals surface area contributed by atoms with Crippen LogP contribution in [0.3, 0.4) is 0 Å². The zero-order valence-corrected chi connectivity index (χ0v) is 11.9. The van der Waals surface area contributed by atoms with Gasteiger partial charge in [-0.25, -0.2) is 14.7 Å². The summed E-state index contributed by atoms with van der Waals surface area (Å²) in [4.78, 5) is 28.1. The van der Waals surface area contributed by atoms with Gasteiger partial charge in [0.15, 0.2) is 0 Å². The number of hydroxylamine groups is 1. The van der Waals surface area contributed by atoms with Crippen molar-refractivity contribution in [2.75, 3.05) is 5.06 Å². The summed E-state index contributed by atoms with van der Waals surface area (Å²) in [5.74, 6) is 0.877. The fourth-order valence-electron chi connectivity index (χ4n) is 2.19. The zero-order chi connectivity index (χ0) is 15.1. The van der Waals surface area contributed by atoms with Crippen LogP contribution in [0.2, 0.25) is 0 Å². The molecule has 1 atom stereocenters. The van der Waals surface area contributed by atoms with E-state index < -0.39 is 11.6 Å². The molecule has 1 N–H and O–H groups in total. The van der Waals surface area contributed by atoms with Gasteiger partial charge in [0.2, 0.25) is 0 Å². The number of benzene rings is 1. The molecule has 2 rings (SSSR count). The summed E-state index contributed by atoms with van der Waals surface area (Å²) < 4.78 is 0. The van der Waals surface area contributed by atoms with Crippen molar-refractivity contribution < 1.29 is 19.5 Å². The lowest BCUT2D eigenvalue weighted by Gasteiger charge is -2.31. The van der Waals surface area contributed by atoms with E-state index >= 15 is 0 Å². The predicted molar refractivity (Wildman–Crippen MR) is 75.3 cm³/mol. The van der Waals surface area contributed by atoms with E-state index in [2.05, 4.69) is 0 Å². The van der Waals surface area contributed by atoms with Crippen molar-refractivity contribution in [3.8, 4) is 0 Å². The number of nitrogens with zero attached hydrogens (tertiary/aromatic N) is 1. The van der Waals surface area contributed by atoms with E-state index in [9.17, 15) is 9.59 Å². The van der Waals surface area contributed by atoms with Crippen molar-refractivity contribution in [3.05, 3.63) is 29.3 Å². The molecular weight excluding hydrogens is 258 g/mol. The molecule has 0 fully saturated rings. The van der Waals surface area contributed by atoms with Crippen molar-refractivity contribution in [1.82, 2.24) is 0 Å². The number of hydrogen-bond acceptors (Lipinski definition) is 4. The maximum Gasteiger partial charge on any atom is 0.335 e. The minimum Gasteiger partial charge on any atom is -0.478 e. The minimum atomic E-state index is -1.03. The first kappa shape index (κ1) is 14.3. The van der Waals surface area contributed by atoms with Gasteiger partial charge in [0.1, 0.15) is 5.94 Å². The molecule has 0 saturated heterocycles. The zero-order valence-electron chi connectivity index (χ0n) is 11.9. The highest BCUT2D eigenvalue weighted by molar-refractivity contribution is 6.01. The molecule has 106 valence electrons. The smallest absolute Gasteiger partial charge is 0.335 e. The Labute approximate surface area is 117 Å². The van der Waals surface area contributed by atoms with E-state index in [-0.39, 0.29) is 11.6 Å². The Bertz CT molecular complexity index is 609. The number of carboxylic acids is 1. The van der Waals surface area contributed by atoms with E-state index in [1.165, 1.54) is 12.1 Å². The van der Waals surface area contributed by atoms with E-state index in [1.54, 1.807) is 11.1 Å². The van der Waals surface area contributed by atoms with Crippen LogP contribution in [-0.4, -0.2) is 28.7 Å². The first-order chi connectivity index (χ1) is 9.24. The molecule has 0 spiro atoms. The summed E-state index contributed by atoms with van der Waals surface area (Å²) in [6.45, 7) is 7.56. The number of aromatic carboxylic acids is 1. The number of anilines is 1. The third-order valence-corrected chi connectivity index (χ3v) is 3.02. The lowest BCUT2D eigenvalue weighted by molar-refractivity contribution is -0.0242. The van der Waals surface area contributed by atoms with Gasteiger partial charge in [-0.2, -0.15) is 0 Å². The van der Waals surface area contributed by atoms with Crippen molar-refractivity contribution in [3.63, 3.8) is 0 Å².